The van der Waals surface area contributed by atoms with E-state index in [0.29, 0.717) is 12.4 Å². The zero-order chi connectivity index (χ0) is 19.5. The maximum absolute atomic E-state index is 12.8. The first-order valence-electron chi connectivity index (χ1n) is 9.46. The molecule has 1 amide bonds. The lowest BCUT2D eigenvalue weighted by molar-refractivity contribution is -0.113. The van der Waals surface area contributed by atoms with Crippen LogP contribution in [0.4, 0.5) is 5.69 Å². The molecular weight excluding hydrogens is 354 g/mol. The van der Waals surface area contributed by atoms with Gasteiger partial charge in [0, 0.05) is 11.8 Å². The van der Waals surface area contributed by atoms with Gasteiger partial charge in [-0.3, -0.25) is 9.69 Å². The van der Waals surface area contributed by atoms with Gasteiger partial charge in [-0.05, 0) is 42.3 Å². The van der Waals surface area contributed by atoms with Gasteiger partial charge in [0.1, 0.15) is 17.6 Å². The number of carbonyl (C=O) groups is 1. The number of benzene rings is 2. The maximum Gasteiger partial charge on any atom is 0.255 e. The van der Waals surface area contributed by atoms with Gasteiger partial charge in [0.25, 0.3) is 5.91 Å². The normalized spacial score (nSPS) is 16.5. The second-order valence-corrected chi connectivity index (χ2v) is 6.74. The molecule has 1 aliphatic rings. The molecular formula is C22H23N3O3. The van der Waals surface area contributed by atoms with Crippen LogP contribution in [0.5, 0.6) is 5.75 Å². The van der Waals surface area contributed by atoms with Crippen molar-refractivity contribution in [1.82, 2.24) is 9.97 Å². The molecule has 2 heterocycles. The fourth-order valence-corrected chi connectivity index (χ4v) is 3.44. The Morgan fingerprint density at radius 3 is 2.75 bits per heavy atom. The number of fused-ring (bicyclic) bond motifs is 1. The minimum Gasteiger partial charge on any atom is -0.498 e. The smallest absolute Gasteiger partial charge is 0.255 e. The minimum absolute atomic E-state index is 0.111. The summed E-state index contributed by atoms with van der Waals surface area (Å²) in [5.74, 6) is 1.33. The van der Waals surface area contributed by atoms with Crippen LogP contribution in [0.15, 0.2) is 60.6 Å². The molecule has 28 heavy (non-hydrogen) atoms. The Hall–Kier alpha value is -3.28. The van der Waals surface area contributed by atoms with E-state index in [0.717, 1.165) is 40.9 Å². The van der Waals surface area contributed by atoms with Gasteiger partial charge in [-0.2, -0.15) is 0 Å². The summed E-state index contributed by atoms with van der Waals surface area (Å²) in [6.45, 7) is 2.84. The van der Waals surface area contributed by atoms with Crippen LogP contribution in [0.1, 0.15) is 31.4 Å². The monoisotopic (exact) mass is 377 g/mol. The topological polar surface area (TPSA) is 67.5 Å². The second-order valence-electron chi connectivity index (χ2n) is 6.74. The number of anilines is 1. The number of aromatic amines is 1. The van der Waals surface area contributed by atoms with E-state index in [4.69, 9.17) is 9.47 Å². The number of nitrogens with one attached hydrogen (secondary N) is 1. The zero-order valence-corrected chi connectivity index (χ0v) is 16.0. The van der Waals surface area contributed by atoms with Gasteiger partial charge in [-0.25, -0.2) is 4.98 Å². The Bertz CT molecular complexity index is 1010. The van der Waals surface area contributed by atoms with E-state index < -0.39 is 0 Å². The van der Waals surface area contributed by atoms with Gasteiger partial charge in [0.2, 0.25) is 0 Å². The predicted molar refractivity (Wildman–Crippen MR) is 108 cm³/mol. The molecule has 0 spiro atoms. The lowest BCUT2D eigenvalue weighted by Gasteiger charge is -2.27. The number of imidazole rings is 1. The standard InChI is InChI=1S/C22H23N3O3/c1-3-4-11-28-17-8-5-15(6-9-17)22-20(27-2)13-21(26)25(22)16-7-10-18-19(12-16)24-14-23-18/h5-10,12-14,22H,3-4,11H2,1-2H3,(H,23,24). The van der Waals surface area contributed by atoms with Gasteiger partial charge in [0.15, 0.2) is 0 Å². The Labute approximate surface area is 163 Å². The molecule has 0 bridgehead atoms. The summed E-state index contributed by atoms with van der Waals surface area (Å²) >= 11 is 0. The number of hydrogen-bond donors (Lipinski definition) is 1. The van der Waals surface area contributed by atoms with E-state index in [9.17, 15) is 4.79 Å². The van der Waals surface area contributed by atoms with E-state index in [1.54, 1.807) is 24.4 Å². The molecule has 1 atom stereocenters. The van der Waals surface area contributed by atoms with Crippen molar-refractivity contribution in [1.29, 1.82) is 0 Å². The van der Waals surface area contributed by atoms with Gasteiger partial charge < -0.3 is 14.5 Å². The number of aromatic nitrogens is 2. The Balaban J connectivity index is 1.65. The van der Waals surface area contributed by atoms with Crippen LogP contribution in [0.3, 0.4) is 0 Å². The first-order valence-corrected chi connectivity index (χ1v) is 9.46. The van der Waals surface area contributed by atoms with Crippen molar-refractivity contribution in [2.45, 2.75) is 25.8 Å². The van der Waals surface area contributed by atoms with Crippen molar-refractivity contribution < 1.29 is 14.3 Å². The summed E-state index contributed by atoms with van der Waals surface area (Å²) in [5.41, 5.74) is 3.49. The summed E-state index contributed by atoms with van der Waals surface area (Å²) in [6, 6.07) is 13.3. The van der Waals surface area contributed by atoms with Crippen molar-refractivity contribution in [3.05, 3.63) is 66.2 Å². The average molecular weight is 377 g/mol. The molecule has 144 valence electrons. The van der Waals surface area contributed by atoms with E-state index >= 15 is 0 Å². The Kier molecular flexibility index (Phi) is 5.02. The number of H-pyrrole nitrogens is 1. The number of unbranched alkanes of at least 4 members (excludes halogenated alkanes) is 1. The molecule has 1 N–H and O–H groups in total. The van der Waals surface area contributed by atoms with Crippen LogP contribution >= 0.6 is 0 Å². The van der Waals surface area contributed by atoms with Crippen molar-refractivity contribution in [3.63, 3.8) is 0 Å². The SMILES string of the molecule is CCCCOc1ccc(C2C(OC)=CC(=O)N2c2ccc3[nH]cnc3c2)cc1. The van der Waals surface area contributed by atoms with Crippen molar-refractivity contribution in [3.8, 4) is 5.75 Å². The molecule has 0 aliphatic carbocycles. The highest BCUT2D eigenvalue weighted by atomic mass is 16.5. The van der Waals surface area contributed by atoms with Crippen molar-refractivity contribution in [2.75, 3.05) is 18.6 Å². The number of amides is 1. The quantitative estimate of drug-likeness (QED) is 0.621. The van der Waals surface area contributed by atoms with Crippen LogP contribution in [0.25, 0.3) is 11.0 Å². The highest BCUT2D eigenvalue weighted by molar-refractivity contribution is 6.06. The molecule has 6 heteroatoms. The number of ether oxygens (including phenoxy) is 2. The molecule has 6 nitrogen and oxygen atoms in total. The van der Waals surface area contributed by atoms with Crippen molar-refractivity contribution in [2.24, 2.45) is 0 Å². The number of carbonyl (C=O) groups excluding carboxylic acids is 1. The molecule has 4 rings (SSSR count). The molecule has 3 aromatic rings. The highest BCUT2D eigenvalue weighted by Crippen LogP contribution is 2.39. The Morgan fingerprint density at radius 2 is 2.00 bits per heavy atom. The predicted octanol–water partition coefficient (Wildman–Crippen LogP) is 4.36. The lowest BCUT2D eigenvalue weighted by Crippen LogP contribution is -2.29. The van der Waals surface area contributed by atoms with Gasteiger partial charge >= 0.3 is 0 Å². The van der Waals surface area contributed by atoms with Gasteiger partial charge in [0.05, 0.1) is 31.1 Å². The maximum atomic E-state index is 12.8. The van der Waals surface area contributed by atoms with Crippen LogP contribution in [0, 0.1) is 0 Å². The summed E-state index contributed by atoms with van der Waals surface area (Å²) in [7, 11) is 1.59. The van der Waals surface area contributed by atoms with E-state index in [1.165, 1.54) is 0 Å². The molecule has 0 saturated carbocycles. The number of nitrogens with zero attached hydrogens (tertiary/aromatic N) is 2. The molecule has 0 saturated heterocycles. The third-order valence-electron chi connectivity index (χ3n) is 4.91. The lowest BCUT2D eigenvalue weighted by atomic mass is 10.0. The average Bonchev–Trinajstić information content (AvgIpc) is 3.32. The molecule has 1 aliphatic heterocycles. The third-order valence-corrected chi connectivity index (χ3v) is 4.91. The first kappa shape index (κ1) is 18.1. The first-order chi connectivity index (χ1) is 13.7. The molecule has 1 aromatic heterocycles. The summed E-state index contributed by atoms with van der Waals surface area (Å²) in [4.78, 5) is 21.9. The largest absolute Gasteiger partial charge is 0.498 e. The van der Waals surface area contributed by atoms with Crippen LogP contribution in [0.2, 0.25) is 0 Å². The molecule has 0 fully saturated rings. The van der Waals surface area contributed by atoms with Crippen molar-refractivity contribution >= 4 is 22.6 Å². The highest BCUT2D eigenvalue weighted by Gasteiger charge is 2.36. The van der Waals surface area contributed by atoms with E-state index in [1.807, 2.05) is 42.5 Å². The van der Waals surface area contributed by atoms with E-state index in [-0.39, 0.29) is 11.9 Å². The number of rotatable bonds is 7. The summed E-state index contributed by atoms with van der Waals surface area (Å²) < 4.78 is 11.3. The molecule has 0 radical (unpaired) electrons. The third kappa shape index (κ3) is 3.33. The number of hydrogen-bond acceptors (Lipinski definition) is 4. The summed E-state index contributed by atoms with van der Waals surface area (Å²) in [6.07, 6.45) is 5.32. The molecule has 1 unspecified atom stereocenters. The second kappa shape index (κ2) is 7.76. The van der Waals surface area contributed by atoms with Gasteiger partial charge in [-0.1, -0.05) is 25.5 Å². The van der Waals surface area contributed by atoms with E-state index in [2.05, 4.69) is 16.9 Å². The van der Waals surface area contributed by atoms with Crippen LogP contribution in [-0.2, 0) is 9.53 Å². The van der Waals surface area contributed by atoms with Crippen LogP contribution in [-0.4, -0.2) is 29.6 Å². The molecule has 2 aromatic carbocycles. The Morgan fingerprint density at radius 1 is 1.18 bits per heavy atom. The summed E-state index contributed by atoms with van der Waals surface area (Å²) in [5, 5.41) is 0. The fraction of sp³-hybridized carbons (Fsp3) is 0.273. The number of methoxy groups -OCH3 is 1. The fourth-order valence-electron chi connectivity index (χ4n) is 3.44. The van der Waals surface area contributed by atoms with Gasteiger partial charge in [-0.15, -0.1) is 0 Å². The zero-order valence-electron chi connectivity index (χ0n) is 16.0. The van der Waals surface area contributed by atoms with Crippen LogP contribution < -0.4 is 9.64 Å². The minimum atomic E-state index is -0.321.